The molecule has 0 spiro atoms. The Kier molecular flexibility index (Phi) is 7.52. The predicted octanol–water partition coefficient (Wildman–Crippen LogP) is 2.84. The van der Waals surface area contributed by atoms with Crippen molar-refractivity contribution < 1.29 is 14.6 Å². The lowest BCUT2D eigenvalue weighted by Crippen LogP contribution is -2.19. The van der Waals surface area contributed by atoms with Gasteiger partial charge in [-0.2, -0.15) is 0 Å². The summed E-state index contributed by atoms with van der Waals surface area (Å²) >= 11 is 3.45. The minimum Gasteiger partial charge on any atom is -0.496 e. The van der Waals surface area contributed by atoms with Gasteiger partial charge in [-0.15, -0.1) is 0 Å². The second-order valence-corrected chi connectivity index (χ2v) is 5.22. The van der Waals surface area contributed by atoms with Crippen LogP contribution >= 0.6 is 15.9 Å². The summed E-state index contributed by atoms with van der Waals surface area (Å²) in [6.07, 6.45) is 2.76. The summed E-state index contributed by atoms with van der Waals surface area (Å²) < 4.78 is 6.35. The van der Waals surface area contributed by atoms with Gasteiger partial charge < -0.3 is 15.2 Å². The molecule has 106 valence electrons. The van der Waals surface area contributed by atoms with Crippen LogP contribution < -0.4 is 10.1 Å². The molecule has 1 aromatic rings. The summed E-state index contributed by atoms with van der Waals surface area (Å²) in [5, 5.41) is 11.8. The summed E-state index contributed by atoms with van der Waals surface area (Å²) in [5.74, 6) is 0.176. The van der Waals surface area contributed by atoms with E-state index in [0.717, 1.165) is 48.1 Å². The second kappa shape index (κ2) is 8.93. The normalized spacial score (nSPS) is 10.4. The maximum atomic E-state index is 10.3. The van der Waals surface area contributed by atoms with Crippen LogP contribution in [0, 0.1) is 0 Å². The van der Waals surface area contributed by atoms with Crippen LogP contribution in [0.4, 0.5) is 0 Å². The molecular weight excluding hydrogens is 310 g/mol. The van der Waals surface area contributed by atoms with Crippen LogP contribution in [0.5, 0.6) is 5.75 Å². The number of benzene rings is 1. The highest BCUT2D eigenvalue weighted by atomic mass is 79.9. The zero-order chi connectivity index (χ0) is 14.1. The first kappa shape index (κ1) is 16.0. The quantitative estimate of drug-likeness (QED) is 0.684. The fourth-order valence-corrected chi connectivity index (χ4v) is 2.23. The van der Waals surface area contributed by atoms with Crippen molar-refractivity contribution in [3.63, 3.8) is 0 Å². The third-order valence-electron chi connectivity index (χ3n) is 2.81. The third kappa shape index (κ3) is 6.59. The van der Waals surface area contributed by atoms with Crippen LogP contribution in [-0.2, 0) is 11.2 Å². The number of nitrogens with one attached hydrogen (secondary N) is 1. The lowest BCUT2D eigenvalue weighted by molar-refractivity contribution is -0.137. The van der Waals surface area contributed by atoms with E-state index in [1.54, 1.807) is 7.11 Å². The molecular formula is C14H20BrNO3. The Balaban J connectivity index is 2.22. The monoisotopic (exact) mass is 329 g/mol. The molecule has 5 heteroatoms. The molecule has 4 nitrogen and oxygen atoms in total. The van der Waals surface area contributed by atoms with Gasteiger partial charge in [0.1, 0.15) is 5.75 Å². The fourth-order valence-electron chi connectivity index (χ4n) is 1.82. The van der Waals surface area contributed by atoms with Crippen molar-refractivity contribution >= 4 is 21.9 Å². The van der Waals surface area contributed by atoms with Crippen LogP contribution in [0.1, 0.15) is 24.8 Å². The van der Waals surface area contributed by atoms with Crippen LogP contribution in [0.2, 0.25) is 0 Å². The van der Waals surface area contributed by atoms with E-state index < -0.39 is 5.97 Å². The predicted molar refractivity (Wildman–Crippen MR) is 78.8 cm³/mol. The smallest absolute Gasteiger partial charge is 0.303 e. The Morgan fingerprint density at radius 3 is 2.84 bits per heavy atom. The highest BCUT2D eigenvalue weighted by Gasteiger charge is 2.03. The second-order valence-electron chi connectivity index (χ2n) is 4.31. The summed E-state index contributed by atoms with van der Waals surface area (Å²) in [7, 11) is 1.67. The Morgan fingerprint density at radius 2 is 2.16 bits per heavy atom. The van der Waals surface area contributed by atoms with Crippen molar-refractivity contribution in [2.24, 2.45) is 0 Å². The van der Waals surface area contributed by atoms with E-state index in [4.69, 9.17) is 9.84 Å². The number of aliphatic carboxylic acids is 1. The molecule has 19 heavy (non-hydrogen) atoms. The number of unbranched alkanes of at least 4 members (excludes halogenated alkanes) is 1. The van der Waals surface area contributed by atoms with E-state index in [1.165, 1.54) is 0 Å². The Bertz CT molecular complexity index is 410. The molecule has 1 aromatic carbocycles. The molecule has 0 heterocycles. The zero-order valence-corrected chi connectivity index (χ0v) is 12.7. The van der Waals surface area contributed by atoms with Crippen LogP contribution in [0.25, 0.3) is 0 Å². The molecule has 0 radical (unpaired) electrons. The van der Waals surface area contributed by atoms with Crippen molar-refractivity contribution in [1.29, 1.82) is 0 Å². The first-order valence-corrected chi connectivity index (χ1v) is 7.17. The van der Waals surface area contributed by atoms with Crippen LogP contribution in [0.3, 0.4) is 0 Å². The van der Waals surface area contributed by atoms with Crippen molar-refractivity contribution in [3.05, 3.63) is 28.2 Å². The third-order valence-corrected chi connectivity index (χ3v) is 3.30. The summed E-state index contributed by atoms with van der Waals surface area (Å²) in [6, 6.07) is 5.97. The average Bonchev–Trinajstić information content (AvgIpc) is 2.37. The van der Waals surface area contributed by atoms with E-state index in [9.17, 15) is 4.79 Å². The van der Waals surface area contributed by atoms with Gasteiger partial charge in [-0.3, -0.25) is 4.79 Å². The molecule has 1 rings (SSSR count). The van der Waals surface area contributed by atoms with Gasteiger partial charge >= 0.3 is 5.97 Å². The summed E-state index contributed by atoms with van der Waals surface area (Å²) in [4.78, 5) is 10.3. The number of carboxylic acids is 1. The van der Waals surface area contributed by atoms with Crippen LogP contribution in [-0.4, -0.2) is 31.3 Å². The molecule has 0 bridgehead atoms. The highest BCUT2D eigenvalue weighted by Crippen LogP contribution is 2.23. The van der Waals surface area contributed by atoms with Crippen molar-refractivity contribution in [2.75, 3.05) is 20.2 Å². The van der Waals surface area contributed by atoms with E-state index in [0.29, 0.717) is 0 Å². The lowest BCUT2D eigenvalue weighted by Gasteiger charge is -2.09. The molecule has 0 saturated heterocycles. The standard InChI is InChI=1S/C14H20BrNO3/c1-19-13-6-5-12(15)10-11(13)7-9-16-8-3-2-4-14(17)18/h5-6,10,16H,2-4,7-9H2,1H3,(H,17,18). The maximum absolute atomic E-state index is 10.3. The number of methoxy groups -OCH3 is 1. The van der Waals surface area contributed by atoms with Gasteiger partial charge in [0.2, 0.25) is 0 Å². The lowest BCUT2D eigenvalue weighted by atomic mass is 10.1. The maximum Gasteiger partial charge on any atom is 0.303 e. The number of ether oxygens (including phenoxy) is 1. The molecule has 0 atom stereocenters. The Morgan fingerprint density at radius 1 is 1.37 bits per heavy atom. The van der Waals surface area contributed by atoms with Gasteiger partial charge in [0, 0.05) is 10.9 Å². The first-order chi connectivity index (χ1) is 9.13. The van der Waals surface area contributed by atoms with Gasteiger partial charge in [0.05, 0.1) is 7.11 Å². The van der Waals surface area contributed by atoms with Gasteiger partial charge in [-0.1, -0.05) is 15.9 Å². The molecule has 0 unspecified atom stereocenters. The molecule has 0 aliphatic rings. The number of rotatable bonds is 9. The van der Waals surface area contributed by atoms with Gasteiger partial charge in [0.25, 0.3) is 0 Å². The topological polar surface area (TPSA) is 58.6 Å². The van der Waals surface area contributed by atoms with Gasteiger partial charge in [-0.05, 0) is 56.1 Å². The molecule has 0 aliphatic carbocycles. The number of carbonyl (C=O) groups is 1. The minimum atomic E-state index is -0.723. The summed E-state index contributed by atoms with van der Waals surface area (Å²) in [6.45, 7) is 1.71. The molecule has 2 N–H and O–H groups in total. The minimum absolute atomic E-state index is 0.251. The van der Waals surface area contributed by atoms with E-state index in [1.807, 2.05) is 12.1 Å². The van der Waals surface area contributed by atoms with E-state index >= 15 is 0 Å². The summed E-state index contributed by atoms with van der Waals surface area (Å²) in [5.41, 5.74) is 1.16. The number of carboxylic acid groups (broad SMARTS) is 1. The number of halogens is 1. The number of hydrogen-bond donors (Lipinski definition) is 2. The molecule has 0 amide bonds. The Hall–Kier alpha value is -1.07. The van der Waals surface area contributed by atoms with Crippen LogP contribution in [0.15, 0.2) is 22.7 Å². The average molecular weight is 330 g/mol. The largest absolute Gasteiger partial charge is 0.496 e. The number of hydrogen-bond acceptors (Lipinski definition) is 3. The zero-order valence-electron chi connectivity index (χ0n) is 11.1. The van der Waals surface area contributed by atoms with Crippen molar-refractivity contribution in [2.45, 2.75) is 25.7 Å². The van der Waals surface area contributed by atoms with E-state index in [-0.39, 0.29) is 6.42 Å². The SMILES string of the molecule is COc1ccc(Br)cc1CCNCCCCC(=O)O. The first-order valence-electron chi connectivity index (χ1n) is 6.38. The molecule has 0 aromatic heterocycles. The van der Waals surface area contributed by atoms with Crippen molar-refractivity contribution in [1.82, 2.24) is 5.32 Å². The van der Waals surface area contributed by atoms with Crippen molar-refractivity contribution in [3.8, 4) is 5.75 Å². The molecule has 0 aliphatic heterocycles. The molecule has 0 saturated carbocycles. The highest BCUT2D eigenvalue weighted by molar-refractivity contribution is 9.10. The fraction of sp³-hybridized carbons (Fsp3) is 0.500. The van der Waals surface area contributed by atoms with E-state index in [2.05, 4.69) is 27.3 Å². The van der Waals surface area contributed by atoms with Gasteiger partial charge in [-0.25, -0.2) is 0 Å². The van der Waals surface area contributed by atoms with Gasteiger partial charge in [0.15, 0.2) is 0 Å². The Labute approximate surface area is 122 Å². The molecule has 0 fully saturated rings.